The number of benzene rings is 2. The van der Waals surface area contributed by atoms with E-state index in [4.69, 9.17) is 17.3 Å². The minimum Gasteiger partial charge on any atom is -0.378 e. The minimum absolute atomic E-state index is 0.731. The summed E-state index contributed by atoms with van der Waals surface area (Å²) in [5.74, 6) is 0. The molecule has 3 rings (SSSR count). The highest BCUT2D eigenvalue weighted by Crippen LogP contribution is 2.35. The van der Waals surface area contributed by atoms with Crippen molar-refractivity contribution in [2.75, 3.05) is 25.5 Å². The molecule has 0 fully saturated rings. The maximum Gasteiger partial charge on any atom is 0.0651 e. The van der Waals surface area contributed by atoms with E-state index in [1.54, 1.807) is 0 Å². The van der Waals surface area contributed by atoms with Gasteiger partial charge in [-0.15, -0.1) is 0 Å². The lowest BCUT2D eigenvalue weighted by molar-refractivity contribution is 0.748. The van der Waals surface area contributed by atoms with Crippen LogP contribution in [0.3, 0.4) is 0 Å². The Morgan fingerprint density at radius 3 is 2.62 bits per heavy atom. The van der Waals surface area contributed by atoms with Crippen LogP contribution in [0.1, 0.15) is 18.4 Å². The normalized spacial score (nSPS) is 11.2. The van der Waals surface area contributed by atoms with Crippen molar-refractivity contribution in [3.05, 3.63) is 53.1 Å². The van der Waals surface area contributed by atoms with Crippen LogP contribution in [0.25, 0.3) is 22.2 Å². The topological polar surface area (TPSA) is 45.0 Å². The van der Waals surface area contributed by atoms with Crippen molar-refractivity contribution in [2.24, 2.45) is 5.73 Å². The third-order valence-corrected chi connectivity index (χ3v) is 4.74. The van der Waals surface area contributed by atoms with Crippen molar-refractivity contribution in [1.82, 2.24) is 4.98 Å². The molecule has 0 amide bonds. The second-order valence-corrected chi connectivity index (χ2v) is 6.74. The van der Waals surface area contributed by atoms with Crippen molar-refractivity contribution in [3.63, 3.8) is 0 Å². The fraction of sp³-hybridized carbons (Fsp3) is 0.300. The zero-order chi connectivity index (χ0) is 17.1. The van der Waals surface area contributed by atoms with Gasteiger partial charge in [-0.3, -0.25) is 0 Å². The van der Waals surface area contributed by atoms with E-state index in [2.05, 4.69) is 54.3 Å². The Morgan fingerprint density at radius 2 is 1.88 bits per heavy atom. The number of rotatable bonds is 6. The molecule has 0 atom stereocenters. The Hall–Kier alpha value is -1.97. The van der Waals surface area contributed by atoms with Gasteiger partial charge in [-0.2, -0.15) is 0 Å². The maximum atomic E-state index is 6.41. The van der Waals surface area contributed by atoms with E-state index in [1.165, 1.54) is 27.9 Å². The number of nitrogens with one attached hydrogen (secondary N) is 1. The van der Waals surface area contributed by atoms with Gasteiger partial charge in [-0.1, -0.05) is 35.9 Å². The Bertz CT molecular complexity index is 836. The smallest absolute Gasteiger partial charge is 0.0651 e. The molecule has 0 radical (unpaired) electrons. The summed E-state index contributed by atoms with van der Waals surface area (Å²) >= 11 is 6.41. The highest BCUT2D eigenvalue weighted by Gasteiger charge is 2.15. The Labute approximate surface area is 148 Å². The second kappa shape index (κ2) is 7.29. The number of aromatic nitrogens is 1. The lowest BCUT2D eigenvalue weighted by Crippen LogP contribution is -2.08. The first-order valence-corrected chi connectivity index (χ1v) is 8.76. The molecule has 0 unspecified atom stereocenters. The molecule has 126 valence electrons. The third kappa shape index (κ3) is 3.28. The summed E-state index contributed by atoms with van der Waals surface area (Å²) in [6, 6.07) is 14.7. The van der Waals surface area contributed by atoms with E-state index in [9.17, 15) is 0 Å². The Kier molecular flexibility index (Phi) is 5.12. The monoisotopic (exact) mass is 341 g/mol. The van der Waals surface area contributed by atoms with Crippen LogP contribution in [0.15, 0.2) is 42.5 Å². The number of unbranched alkanes of at least 4 members (excludes halogenated alkanes) is 1. The summed E-state index contributed by atoms with van der Waals surface area (Å²) in [7, 11) is 4.12. The molecule has 1 aromatic heterocycles. The largest absolute Gasteiger partial charge is 0.378 e. The number of hydrogen-bond donors (Lipinski definition) is 2. The molecule has 0 aliphatic rings. The quantitative estimate of drug-likeness (QED) is 0.630. The third-order valence-electron chi connectivity index (χ3n) is 4.42. The van der Waals surface area contributed by atoms with Gasteiger partial charge in [-0.05, 0) is 49.6 Å². The number of hydrogen-bond acceptors (Lipinski definition) is 2. The van der Waals surface area contributed by atoms with E-state index < -0.39 is 0 Å². The van der Waals surface area contributed by atoms with Crippen LogP contribution >= 0.6 is 11.6 Å². The minimum atomic E-state index is 0.731. The van der Waals surface area contributed by atoms with E-state index in [1.807, 2.05) is 12.1 Å². The van der Waals surface area contributed by atoms with Gasteiger partial charge < -0.3 is 15.6 Å². The zero-order valence-corrected chi connectivity index (χ0v) is 15.0. The number of aryl methyl sites for hydroxylation is 1. The van der Waals surface area contributed by atoms with E-state index >= 15 is 0 Å². The number of para-hydroxylation sites is 1. The predicted octanol–water partition coefficient (Wildman–Crippen LogP) is 4.84. The van der Waals surface area contributed by atoms with Crippen molar-refractivity contribution in [2.45, 2.75) is 19.3 Å². The van der Waals surface area contributed by atoms with Crippen molar-refractivity contribution < 1.29 is 0 Å². The highest BCUT2D eigenvalue weighted by atomic mass is 35.5. The number of aromatic amines is 1. The molecule has 3 N–H and O–H groups in total. The van der Waals surface area contributed by atoms with Crippen molar-refractivity contribution >= 4 is 28.2 Å². The first-order valence-electron chi connectivity index (χ1n) is 8.38. The van der Waals surface area contributed by atoms with Gasteiger partial charge in [0.1, 0.15) is 0 Å². The maximum absolute atomic E-state index is 6.41. The van der Waals surface area contributed by atoms with Crippen LogP contribution in [0.5, 0.6) is 0 Å². The molecule has 24 heavy (non-hydrogen) atoms. The number of nitrogens with two attached hydrogens (primary N) is 1. The number of H-pyrrole nitrogens is 1. The van der Waals surface area contributed by atoms with Crippen LogP contribution in [-0.2, 0) is 6.42 Å². The molecular formula is C20H24ClN3. The molecule has 1 heterocycles. The molecule has 0 saturated heterocycles. The van der Waals surface area contributed by atoms with Crippen LogP contribution in [-0.4, -0.2) is 25.6 Å². The van der Waals surface area contributed by atoms with E-state index in [0.717, 1.165) is 36.3 Å². The Balaban J connectivity index is 2.13. The fourth-order valence-electron chi connectivity index (χ4n) is 3.13. The molecule has 3 aromatic rings. The lowest BCUT2D eigenvalue weighted by atomic mass is 10.00. The highest BCUT2D eigenvalue weighted by molar-refractivity contribution is 6.35. The summed E-state index contributed by atoms with van der Waals surface area (Å²) in [6.45, 7) is 0.731. The molecular weight excluding hydrogens is 318 g/mol. The number of fused-ring (bicyclic) bond motifs is 1. The van der Waals surface area contributed by atoms with E-state index in [0.29, 0.717) is 0 Å². The average Bonchev–Trinajstić information content (AvgIpc) is 2.95. The number of nitrogens with zero attached hydrogens (tertiary/aromatic N) is 1. The van der Waals surface area contributed by atoms with Crippen LogP contribution < -0.4 is 10.6 Å². The fourth-order valence-corrected chi connectivity index (χ4v) is 3.35. The summed E-state index contributed by atoms with van der Waals surface area (Å²) in [5.41, 5.74) is 11.6. The van der Waals surface area contributed by atoms with Gasteiger partial charge in [-0.25, -0.2) is 0 Å². The van der Waals surface area contributed by atoms with Crippen LogP contribution in [0.4, 0.5) is 5.69 Å². The zero-order valence-electron chi connectivity index (χ0n) is 14.3. The second-order valence-electron chi connectivity index (χ2n) is 6.33. The van der Waals surface area contributed by atoms with Gasteiger partial charge in [0.15, 0.2) is 0 Å². The molecule has 3 nitrogen and oxygen atoms in total. The van der Waals surface area contributed by atoms with Gasteiger partial charge in [0.25, 0.3) is 0 Å². The van der Waals surface area contributed by atoms with Gasteiger partial charge in [0, 0.05) is 36.4 Å². The first-order chi connectivity index (χ1) is 11.6. The first kappa shape index (κ1) is 16.9. The predicted molar refractivity (Wildman–Crippen MR) is 105 cm³/mol. The van der Waals surface area contributed by atoms with Crippen LogP contribution in [0, 0.1) is 0 Å². The number of halogens is 1. The molecule has 0 saturated carbocycles. The van der Waals surface area contributed by atoms with Gasteiger partial charge >= 0.3 is 0 Å². The van der Waals surface area contributed by atoms with Crippen LogP contribution in [0.2, 0.25) is 5.02 Å². The van der Waals surface area contributed by atoms with Crippen molar-refractivity contribution in [3.8, 4) is 11.3 Å². The molecule has 0 aliphatic carbocycles. The average molecular weight is 342 g/mol. The standard InChI is InChI=1S/C20H24ClN3/c1-24(2)15-8-5-7-14(13-15)19-16(9-3-4-12-22)17-10-6-11-18(21)20(17)23-19/h5-8,10-11,13,23H,3-4,9,12,22H2,1-2H3. The Morgan fingerprint density at radius 1 is 1.08 bits per heavy atom. The molecule has 0 bridgehead atoms. The molecule has 0 aliphatic heterocycles. The molecule has 2 aromatic carbocycles. The molecule has 4 heteroatoms. The van der Waals surface area contributed by atoms with Crippen molar-refractivity contribution in [1.29, 1.82) is 0 Å². The summed E-state index contributed by atoms with van der Waals surface area (Å²) in [6.07, 6.45) is 3.11. The molecule has 0 spiro atoms. The lowest BCUT2D eigenvalue weighted by Gasteiger charge is -2.14. The summed E-state index contributed by atoms with van der Waals surface area (Å²) in [4.78, 5) is 5.68. The van der Waals surface area contributed by atoms with Gasteiger partial charge in [0.05, 0.1) is 10.5 Å². The SMILES string of the molecule is CN(C)c1cccc(-c2[nH]c3c(Cl)cccc3c2CCCCN)c1. The summed E-state index contributed by atoms with van der Waals surface area (Å²) in [5, 5.41) is 1.98. The summed E-state index contributed by atoms with van der Waals surface area (Å²) < 4.78 is 0. The van der Waals surface area contributed by atoms with E-state index in [-0.39, 0.29) is 0 Å². The van der Waals surface area contributed by atoms with Gasteiger partial charge in [0.2, 0.25) is 0 Å². The number of anilines is 1.